The van der Waals surface area contributed by atoms with Crippen molar-refractivity contribution in [2.24, 2.45) is 0 Å². The van der Waals surface area contributed by atoms with Crippen molar-refractivity contribution in [1.82, 2.24) is 4.98 Å². The lowest BCUT2D eigenvalue weighted by Crippen LogP contribution is -2.50. The molecule has 1 unspecified atom stereocenters. The van der Waals surface area contributed by atoms with E-state index in [9.17, 15) is 9.59 Å². The lowest BCUT2D eigenvalue weighted by Gasteiger charge is -2.35. The van der Waals surface area contributed by atoms with Gasteiger partial charge in [-0.25, -0.2) is 4.98 Å². The first-order chi connectivity index (χ1) is 15.8. The number of thiazole rings is 1. The van der Waals surface area contributed by atoms with Gasteiger partial charge in [0.15, 0.2) is 6.10 Å². The molecular weight excluding hydrogens is 434 g/mol. The highest BCUT2D eigenvalue weighted by Gasteiger charge is 2.35. The first kappa shape index (κ1) is 23.0. The summed E-state index contributed by atoms with van der Waals surface area (Å²) in [6, 6.07) is 13.6. The summed E-state index contributed by atoms with van der Waals surface area (Å²) >= 11 is 1.64. The SMILES string of the molecule is CCC1Oc2ccc(-c3nc(C)sc3C)cc2N(CC(=O)N(CC)c2cccc(C)c2)C1=O. The third kappa shape index (κ3) is 4.50. The van der Waals surface area contributed by atoms with Crippen molar-refractivity contribution in [2.75, 3.05) is 22.9 Å². The summed E-state index contributed by atoms with van der Waals surface area (Å²) < 4.78 is 5.98. The Morgan fingerprint density at radius 1 is 1.15 bits per heavy atom. The van der Waals surface area contributed by atoms with Gasteiger partial charge in [0, 0.05) is 22.7 Å². The molecule has 33 heavy (non-hydrogen) atoms. The number of hydrogen-bond donors (Lipinski definition) is 0. The average molecular weight is 464 g/mol. The third-order valence-electron chi connectivity index (χ3n) is 5.83. The molecule has 1 aliphatic heterocycles. The van der Waals surface area contributed by atoms with Gasteiger partial charge in [-0.3, -0.25) is 14.5 Å². The maximum absolute atomic E-state index is 13.4. The predicted octanol–water partition coefficient (Wildman–Crippen LogP) is 5.29. The van der Waals surface area contributed by atoms with Crippen LogP contribution in [0.1, 0.15) is 35.7 Å². The zero-order chi connectivity index (χ0) is 23.7. The molecule has 1 aliphatic rings. The van der Waals surface area contributed by atoms with Crippen LogP contribution in [0.2, 0.25) is 0 Å². The minimum atomic E-state index is -0.603. The van der Waals surface area contributed by atoms with Crippen molar-refractivity contribution >= 4 is 34.5 Å². The first-order valence-corrected chi connectivity index (χ1v) is 12.1. The molecule has 0 aliphatic carbocycles. The highest BCUT2D eigenvalue weighted by molar-refractivity contribution is 7.11. The fourth-order valence-electron chi connectivity index (χ4n) is 4.21. The Morgan fingerprint density at radius 2 is 1.94 bits per heavy atom. The van der Waals surface area contributed by atoms with Crippen molar-refractivity contribution in [1.29, 1.82) is 0 Å². The van der Waals surface area contributed by atoms with E-state index in [1.54, 1.807) is 21.1 Å². The molecule has 4 rings (SSSR count). The zero-order valence-electron chi connectivity index (χ0n) is 19.7. The quantitative estimate of drug-likeness (QED) is 0.498. The van der Waals surface area contributed by atoms with E-state index >= 15 is 0 Å². The molecule has 0 saturated carbocycles. The molecule has 2 heterocycles. The summed E-state index contributed by atoms with van der Waals surface area (Å²) in [7, 11) is 0. The monoisotopic (exact) mass is 463 g/mol. The van der Waals surface area contributed by atoms with Gasteiger partial charge in [0.05, 0.1) is 16.4 Å². The third-order valence-corrected chi connectivity index (χ3v) is 6.72. The van der Waals surface area contributed by atoms with Crippen LogP contribution < -0.4 is 14.5 Å². The number of anilines is 2. The van der Waals surface area contributed by atoms with Gasteiger partial charge in [0.1, 0.15) is 12.3 Å². The number of aromatic nitrogens is 1. The maximum Gasteiger partial charge on any atom is 0.268 e. The number of amides is 2. The molecule has 7 heteroatoms. The van der Waals surface area contributed by atoms with Gasteiger partial charge in [-0.1, -0.05) is 19.1 Å². The summed E-state index contributed by atoms with van der Waals surface area (Å²) in [4.78, 5) is 35.7. The summed E-state index contributed by atoms with van der Waals surface area (Å²) in [6.45, 7) is 10.3. The van der Waals surface area contributed by atoms with Crippen molar-refractivity contribution in [3.8, 4) is 17.0 Å². The highest BCUT2D eigenvalue weighted by atomic mass is 32.1. The molecule has 6 nitrogen and oxygen atoms in total. The van der Waals surface area contributed by atoms with E-state index in [0.29, 0.717) is 24.4 Å². The van der Waals surface area contributed by atoms with Crippen molar-refractivity contribution < 1.29 is 14.3 Å². The van der Waals surface area contributed by atoms with Crippen molar-refractivity contribution in [3.63, 3.8) is 0 Å². The Labute approximate surface area is 198 Å². The second-order valence-electron chi connectivity index (χ2n) is 8.24. The topological polar surface area (TPSA) is 62.7 Å². The van der Waals surface area contributed by atoms with Crippen LogP contribution >= 0.6 is 11.3 Å². The van der Waals surface area contributed by atoms with E-state index in [4.69, 9.17) is 4.74 Å². The van der Waals surface area contributed by atoms with Gasteiger partial charge in [0.25, 0.3) is 5.91 Å². The number of aryl methyl sites for hydroxylation is 3. The molecule has 2 amide bonds. The molecule has 0 bridgehead atoms. The molecule has 0 fully saturated rings. The molecule has 0 spiro atoms. The fourth-order valence-corrected chi connectivity index (χ4v) is 5.05. The van der Waals surface area contributed by atoms with Gasteiger partial charge in [-0.15, -0.1) is 11.3 Å². The molecule has 0 N–H and O–H groups in total. The Kier molecular flexibility index (Phi) is 6.51. The van der Waals surface area contributed by atoms with Crippen LogP contribution in [0.15, 0.2) is 42.5 Å². The van der Waals surface area contributed by atoms with Gasteiger partial charge in [0.2, 0.25) is 5.91 Å². The maximum atomic E-state index is 13.4. The van der Waals surface area contributed by atoms with E-state index in [-0.39, 0.29) is 18.4 Å². The number of hydrogen-bond acceptors (Lipinski definition) is 5. The van der Waals surface area contributed by atoms with Gasteiger partial charge in [-0.2, -0.15) is 0 Å². The molecular formula is C26H29N3O3S. The van der Waals surface area contributed by atoms with Gasteiger partial charge in [-0.05, 0) is 70.0 Å². The van der Waals surface area contributed by atoms with Crippen LogP contribution in [0.4, 0.5) is 11.4 Å². The lowest BCUT2D eigenvalue weighted by atomic mass is 10.1. The lowest BCUT2D eigenvalue weighted by molar-refractivity contribution is -0.128. The predicted molar refractivity (Wildman–Crippen MR) is 133 cm³/mol. The largest absolute Gasteiger partial charge is 0.478 e. The standard InChI is InChI=1S/C26H29N3O3S/c1-6-22-26(31)29(15-24(30)28(7-2)20-10-8-9-16(3)13-20)21-14-19(11-12-23(21)32-22)25-17(4)33-18(5)27-25/h8-14,22H,6-7,15H2,1-5H3. The van der Waals surface area contributed by atoms with Crippen LogP contribution in [0, 0.1) is 20.8 Å². The molecule has 172 valence electrons. The van der Waals surface area contributed by atoms with E-state index in [1.165, 1.54) is 0 Å². The second-order valence-corrected chi connectivity index (χ2v) is 9.64. The second kappa shape index (κ2) is 9.35. The average Bonchev–Trinajstić information content (AvgIpc) is 3.13. The van der Waals surface area contributed by atoms with E-state index < -0.39 is 6.10 Å². The number of ether oxygens (including phenoxy) is 1. The molecule has 0 radical (unpaired) electrons. The number of benzene rings is 2. The Balaban J connectivity index is 1.71. The van der Waals surface area contributed by atoms with Crippen LogP contribution in [0.3, 0.4) is 0 Å². The number of carbonyl (C=O) groups is 2. The molecule has 1 atom stereocenters. The smallest absolute Gasteiger partial charge is 0.268 e. The number of nitrogens with zero attached hydrogens (tertiary/aromatic N) is 3. The minimum absolute atomic E-state index is 0.0496. The molecule has 3 aromatic rings. The Hall–Kier alpha value is -3.19. The van der Waals surface area contributed by atoms with Gasteiger partial charge >= 0.3 is 0 Å². The number of rotatable bonds is 6. The number of carbonyl (C=O) groups excluding carboxylic acids is 2. The summed E-state index contributed by atoms with van der Waals surface area (Å²) in [6.07, 6.45) is -0.0711. The Bertz CT molecular complexity index is 1200. The van der Waals surface area contributed by atoms with Crippen molar-refractivity contribution in [2.45, 2.75) is 47.1 Å². The normalized spacial score (nSPS) is 15.2. The minimum Gasteiger partial charge on any atom is -0.478 e. The highest BCUT2D eigenvalue weighted by Crippen LogP contribution is 2.39. The van der Waals surface area contributed by atoms with E-state index in [0.717, 1.165) is 32.4 Å². The molecule has 1 aromatic heterocycles. The van der Waals surface area contributed by atoms with E-state index in [2.05, 4.69) is 4.98 Å². The fraction of sp³-hybridized carbons (Fsp3) is 0.346. The van der Waals surface area contributed by atoms with Crippen LogP contribution in [0.5, 0.6) is 5.75 Å². The first-order valence-electron chi connectivity index (χ1n) is 11.3. The van der Waals surface area contributed by atoms with Crippen LogP contribution in [-0.4, -0.2) is 36.0 Å². The molecule has 2 aromatic carbocycles. The zero-order valence-corrected chi connectivity index (χ0v) is 20.5. The van der Waals surface area contributed by atoms with Crippen LogP contribution in [0.25, 0.3) is 11.3 Å². The summed E-state index contributed by atoms with van der Waals surface area (Å²) in [5.74, 6) is 0.286. The number of likely N-dealkylation sites (N-methyl/N-ethyl adjacent to an activating group) is 1. The summed E-state index contributed by atoms with van der Waals surface area (Å²) in [5.41, 5.74) is 4.33. The Morgan fingerprint density at radius 3 is 2.58 bits per heavy atom. The van der Waals surface area contributed by atoms with Crippen molar-refractivity contribution in [3.05, 3.63) is 57.9 Å². The number of fused-ring (bicyclic) bond motifs is 1. The van der Waals surface area contributed by atoms with Crippen LogP contribution in [-0.2, 0) is 9.59 Å². The van der Waals surface area contributed by atoms with E-state index in [1.807, 2.05) is 77.1 Å². The van der Waals surface area contributed by atoms with Gasteiger partial charge < -0.3 is 9.64 Å². The summed E-state index contributed by atoms with van der Waals surface area (Å²) in [5, 5.41) is 0.988. The molecule has 0 saturated heterocycles.